The van der Waals surface area contributed by atoms with Crippen LogP contribution in [0.25, 0.3) is 0 Å². The van der Waals surface area contributed by atoms with E-state index in [0.29, 0.717) is 11.4 Å². The maximum atomic E-state index is 7.45. The van der Waals surface area contributed by atoms with Gasteiger partial charge in [-0.2, -0.15) is 5.10 Å². The molecule has 5 heteroatoms. The Labute approximate surface area is 81.0 Å². The monoisotopic (exact) mass is 187 g/mol. The highest BCUT2D eigenvalue weighted by molar-refractivity contribution is 6.42. The van der Waals surface area contributed by atoms with Gasteiger partial charge in [-0.25, -0.2) is 4.99 Å². The Balaban J connectivity index is 2.38. The molecule has 0 aliphatic carbocycles. The molecule has 0 radical (unpaired) electrons. The first-order valence-corrected chi connectivity index (χ1v) is 4.06. The minimum Gasteiger partial charge on any atom is -0.281 e. The first-order valence-electron chi connectivity index (χ1n) is 4.06. The smallest absolute Gasteiger partial charge is 0.170 e. The fourth-order valence-corrected chi connectivity index (χ4v) is 1.11. The van der Waals surface area contributed by atoms with Crippen molar-refractivity contribution in [3.8, 4) is 0 Å². The summed E-state index contributed by atoms with van der Waals surface area (Å²) in [5, 5.41) is 11.5. The van der Waals surface area contributed by atoms with Gasteiger partial charge in [0.15, 0.2) is 5.84 Å². The number of hydrogen-bond acceptors (Lipinski definition) is 3. The lowest BCUT2D eigenvalue weighted by atomic mass is 10.2. The van der Waals surface area contributed by atoms with Crippen LogP contribution in [0.2, 0.25) is 0 Å². The number of aromatic nitrogens is 2. The van der Waals surface area contributed by atoms with E-state index in [1.54, 1.807) is 17.1 Å². The summed E-state index contributed by atoms with van der Waals surface area (Å²) in [5.74, 6) is 0.103. The Morgan fingerprint density at radius 3 is 2.86 bits per heavy atom. The Hall–Kier alpha value is -2.04. The molecule has 0 amide bonds. The molecule has 0 atom stereocenters. The molecule has 0 bridgehead atoms. The lowest BCUT2D eigenvalue weighted by molar-refractivity contribution is 0.767. The van der Waals surface area contributed by atoms with Crippen LogP contribution in [0.5, 0.6) is 0 Å². The molecule has 0 saturated heterocycles. The predicted octanol–water partition coefficient (Wildman–Crippen LogP) is 0.785. The summed E-state index contributed by atoms with van der Waals surface area (Å²) in [6.45, 7) is 3.58. The molecule has 2 heterocycles. The molecular formula is C9H9N5. The molecule has 1 aromatic heterocycles. The van der Waals surface area contributed by atoms with Gasteiger partial charge < -0.3 is 0 Å². The maximum Gasteiger partial charge on any atom is 0.170 e. The van der Waals surface area contributed by atoms with Gasteiger partial charge in [0.05, 0.1) is 23.8 Å². The van der Waals surface area contributed by atoms with Crippen molar-refractivity contribution in [2.75, 3.05) is 0 Å². The third kappa shape index (κ3) is 1.39. The Morgan fingerprint density at radius 2 is 2.29 bits per heavy atom. The van der Waals surface area contributed by atoms with Crippen molar-refractivity contribution in [3.63, 3.8) is 0 Å². The first-order chi connectivity index (χ1) is 6.66. The van der Waals surface area contributed by atoms with Crippen molar-refractivity contribution in [1.82, 2.24) is 9.78 Å². The van der Waals surface area contributed by atoms with E-state index >= 15 is 0 Å². The van der Waals surface area contributed by atoms with Gasteiger partial charge in [-0.15, -0.1) is 0 Å². The van der Waals surface area contributed by atoms with E-state index in [2.05, 4.69) is 21.7 Å². The summed E-state index contributed by atoms with van der Waals surface area (Å²) in [7, 11) is 1.83. The third-order valence-electron chi connectivity index (χ3n) is 1.85. The number of rotatable bonds is 1. The standard InChI is InChI=1S/C9H9N5/c1-6-9(10)13-8(4-11-6)7-3-12-14(2)5-7/h3-5,10H,1H2,2H3. The van der Waals surface area contributed by atoms with E-state index in [-0.39, 0.29) is 5.84 Å². The van der Waals surface area contributed by atoms with Crippen LogP contribution in [0.15, 0.2) is 34.7 Å². The summed E-state index contributed by atoms with van der Waals surface area (Å²) in [5.41, 5.74) is 1.89. The van der Waals surface area contributed by atoms with E-state index < -0.39 is 0 Å². The highest BCUT2D eigenvalue weighted by Gasteiger charge is 2.10. The lowest BCUT2D eigenvalue weighted by Crippen LogP contribution is -2.11. The second-order valence-corrected chi connectivity index (χ2v) is 2.95. The van der Waals surface area contributed by atoms with Gasteiger partial charge in [0.25, 0.3) is 0 Å². The van der Waals surface area contributed by atoms with Crippen LogP contribution in [-0.4, -0.2) is 27.5 Å². The minimum atomic E-state index is 0.103. The molecule has 2 rings (SSSR count). The summed E-state index contributed by atoms with van der Waals surface area (Å²) < 4.78 is 1.68. The Morgan fingerprint density at radius 1 is 1.50 bits per heavy atom. The zero-order valence-corrected chi connectivity index (χ0v) is 7.73. The van der Waals surface area contributed by atoms with Crippen molar-refractivity contribution >= 4 is 17.8 Å². The van der Waals surface area contributed by atoms with Crippen LogP contribution < -0.4 is 0 Å². The molecule has 70 valence electrons. The molecule has 1 N–H and O–H groups in total. The highest BCUT2D eigenvalue weighted by Crippen LogP contribution is 2.07. The lowest BCUT2D eigenvalue weighted by Gasteiger charge is -2.05. The fraction of sp³-hybridized carbons (Fsp3) is 0.111. The Kier molecular flexibility index (Phi) is 1.85. The van der Waals surface area contributed by atoms with E-state index in [0.717, 1.165) is 5.56 Å². The van der Waals surface area contributed by atoms with Crippen LogP contribution in [0, 0.1) is 5.41 Å². The van der Waals surface area contributed by atoms with Gasteiger partial charge in [0, 0.05) is 18.8 Å². The molecule has 1 aliphatic heterocycles. The van der Waals surface area contributed by atoms with E-state index in [4.69, 9.17) is 5.41 Å². The number of nitrogens with one attached hydrogen (secondary N) is 1. The number of hydrogen-bond donors (Lipinski definition) is 1. The molecular weight excluding hydrogens is 178 g/mol. The average Bonchev–Trinajstić information content (AvgIpc) is 2.57. The van der Waals surface area contributed by atoms with Crippen LogP contribution in [0.1, 0.15) is 5.56 Å². The van der Waals surface area contributed by atoms with Crippen LogP contribution >= 0.6 is 0 Å². The van der Waals surface area contributed by atoms with E-state index in [1.165, 1.54) is 0 Å². The number of nitrogens with zero attached hydrogens (tertiary/aromatic N) is 4. The van der Waals surface area contributed by atoms with Gasteiger partial charge in [0.1, 0.15) is 0 Å². The number of aliphatic imine (C=N–C) groups is 2. The van der Waals surface area contributed by atoms with Gasteiger partial charge in [-0.05, 0) is 0 Å². The SMILES string of the molecule is C=C1N=CC(c2cnn(C)c2)=NC1=N. The van der Waals surface area contributed by atoms with Crippen molar-refractivity contribution in [3.05, 3.63) is 30.2 Å². The van der Waals surface area contributed by atoms with Gasteiger partial charge >= 0.3 is 0 Å². The quantitative estimate of drug-likeness (QED) is 0.693. The molecule has 5 nitrogen and oxygen atoms in total. The molecule has 0 fully saturated rings. The molecule has 1 aromatic rings. The van der Waals surface area contributed by atoms with Crippen molar-refractivity contribution < 1.29 is 0 Å². The predicted molar refractivity (Wildman–Crippen MR) is 55.1 cm³/mol. The molecule has 0 saturated carbocycles. The first kappa shape index (κ1) is 8.55. The zero-order chi connectivity index (χ0) is 10.1. The number of aryl methyl sites for hydroxylation is 1. The summed E-state index contributed by atoms with van der Waals surface area (Å²) in [6, 6.07) is 0. The van der Waals surface area contributed by atoms with Gasteiger partial charge in [-0.1, -0.05) is 6.58 Å². The highest BCUT2D eigenvalue weighted by atomic mass is 15.2. The second kappa shape index (κ2) is 3.02. The van der Waals surface area contributed by atoms with E-state index in [9.17, 15) is 0 Å². The Bertz CT molecular complexity index is 463. The molecule has 0 spiro atoms. The van der Waals surface area contributed by atoms with Gasteiger partial charge in [0.2, 0.25) is 0 Å². The molecule has 0 unspecified atom stereocenters. The normalized spacial score (nSPS) is 15.9. The number of amidine groups is 1. The van der Waals surface area contributed by atoms with Gasteiger partial charge in [-0.3, -0.25) is 15.1 Å². The summed E-state index contributed by atoms with van der Waals surface area (Å²) >= 11 is 0. The second-order valence-electron chi connectivity index (χ2n) is 2.95. The van der Waals surface area contributed by atoms with Crippen LogP contribution in [-0.2, 0) is 7.05 Å². The van der Waals surface area contributed by atoms with Crippen molar-refractivity contribution in [2.24, 2.45) is 17.0 Å². The topological polar surface area (TPSA) is 66.4 Å². The van der Waals surface area contributed by atoms with Crippen LogP contribution in [0.3, 0.4) is 0 Å². The fourth-order valence-electron chi connectivity index (χ4n) is 1.11. The van der Waals surface area contributed by atoms with Crippen molar-refractivity contribution in [1.29, 1.82) is 5.41 Å². The average molecular weight is 187 g/mol. The maximum absolute atomic E-state index is 7.45. The minimum absolute atomic E-state index is 0.103. The molecule has 1 aliphatic rings. The largest absolute Gasteiger partial charge is 0.281 e. The zero-order valence-electron chi connectivity index (χ0n) is 7.73. The van der Waals surface area contributed by atoms with Crippen LogP contribution in [0.4, 0.5) is 0 Å². The van der Waals surface area contributed by atoms with Crippen molar-refractivity contribution in [2.45, 2.75) is 0 Å². The molecule has 0 aromatic carbocycles. The third-order valence-corrected chi connectivity index (χ3v) is 1.85. The summed E-state index contributed by atoms with van der Waals surface area (Å²) in [4.78, 5) is 8.01. The molecule has 14 heavy (non-hydrogen) atoms. The summed E-state index contributed by atoms with van der Waals surface area (Å²) in [6.07, 6.45) is 5.11. The van der Waals surface area contributed by atoms with E-state index in [1.807, 2.05) is 13.2 Å².